The standard InChI is InChI=1S/C13H18N2O2/c16-13(17)6-8-15-9-7-14-10-12(15)11-4-2-1-3-5-11/h1-5,12,14H,6-10H2,(H,16,17)/t12-/m1/s1. The summed E-state index contributed by atoms with van der Waals surface area (Å²) in [6, 6.07) is 10.6. The molecule has 92 valence electrons. The molecule has 1 saturated heterocycles. The second-order valence-electron chi connectivity index (χ2n) is 4.31. The highest BCUT2D eigenvalue weighted by Crippen LogP contribution is 2.21. The summed E-state index contributed by atoms with van der Waals surface area (Å²) in [4.78, 5) is 12.9. The number of nitrogens with one attached hydrogen (secondary N) is 1. The Morgan fingerprint density at radius 3 is 2.88 bits per heavy atom. The van der Waals surface area contributed by atoms with Gasteiger partial charge < -0.3 is 10.4 Å². The molecule has 0 unspecified atom stereocenters. The zero-order chi connectivity index (χ0) is 12.1. The zero-order valence-electron chi connectivity index (χ0n) is 9.80. The molecule has 0 amide bonds. The Hall–Kier alpha value is -1.39. The number of carboxylic acid groups (broad SMARTS) is 1. The largest absolute Gasteiger partial charge is 0.481 e. The van der Waals surface area contributed by atoms with Crippen LogP contribution in [0.5, 0.6) is 0 Å². The lowest BCUT2D eigenvalue weighted by atomic mass is 10.0. The van der Waals surface area contributed by atoms with Crippen molar-refractivity contribution in [2.75, 3.05) is 26.2 Å². The number of rotatable bonds is 4. The normalized spacial score (nSPS) is 21.3. The molecule has 0 saturated carbocycles. The van der Waals surface area contributed by atoms with Crippen molar-refractivity contribution in [3.63, 3.8) is 0 Å². The van der Waals surface area contributed by atoms with Crippen molar-refractivity contribution in [1.29, 1.82) is 0 Å². The van der Waals surface area contributed by atoms with Crippen molar-refractivity contribution in [1.82, 2.24) is 10.2 Å². The van der Waals surface area contributed by atoms with Gasteiger partial charge in [0.1, 0.15) is 0 Å². The van der Waals surface area contributed by atoms with Gasteiger partial charge in [0.2, 0.25) is 0 Å². The summed E-state index contributed by atoms with van der Waals surface area (Å²) in [5.74, 6) is -0.727. The van der Waals surface area contributed by atoms with Gasteiger partial charge >= 0.3 is 5.97 Å². The topological polar surface area (TPSA) is 52.6 Å². The van der Waals surface area contributed by atoms with E-state index in [1.54, 1.807) is 0 Å². The third-order valence-electron chi connectivity index (χ3n) is 3.15. The quantitative estimate of drug-likeness (QED) is 0.819. The van der Waals surface area contributed by atoms with Crippen molar-refractivity contribution >= 4 is 5.97 Å². The number of hydrogen-bond donors (Lipinski definition) is 2. The maximum Gasteiger partial charge on any atom is 0.304 e. The van der Waals surface area contributed by atoms with E-state index in [-0.39, 0.29) is 6.42 Å². The molecule has 4 heteroatoms. The fraction of sp³-hybridized carbons (Fsp3) is 0.462. The van der Waals surface area contributed by atoms with Gasteiger partial charge in [-0.15, -0.1) is 0 Å². The Balaban J connectivity index is 2.04. The first-order valence-corrected chi connectivity index (χ1v) is 5.99. The molecule has 1 fully saturated rings. The molecule has 0 aliphatic carbocycles. The van der Waals surface area contributed by atoms with Crippen LogP contribution in [0.15, 0.2) is 30.3 Å². The number of carbonyl (C=O) groups is 1. The van der Waals surface area contributed by atoms with Crippen LogP contribution in [0.25, 0.3) is 0 Å². The van der Waals surface area contributed by atoms with Crippen LogP contribution in [0.1, 0.15) is 18.0 Å². The van der Waals surface area contributed by atoms with Crippen LogP contribution >= 0.6 is 0 Å². The van der Waals surface area contributed by atoms with Crippen LogP contribution in [-0.2, 0) is 4.79 Å². The maximum absolute atomic E-state index is 10.6. The van der Waals surface area contributed by atoms with Crippen LogP contribution in [-0.4, -0.2) is 42.2 Å². The van der Waals surface area contributed by atoms with Gasteiger partial charge in [0, 0.05) is 32.2 Å². The number of carboxylic acids is 1. The summed E-state index contributed by atoms with van der Waals surface area (Å²) in [6.07, 6.45) is 0.212. The number of nitrogens with zero attached hydrogens (tertiary/aromatic N) is 1. The second-order valence-corrected chi connectivity index (χ2v) is 4.31. The van der Waals surface area contributed by atoms with Crippen molar-refractivity contribution < 1.29 is 9.90 Å². The Bertz CT molecular complexity index is 367. The van der Waals surface area contributed by atoms with E-state index in [9.17, 15) is 4.79 Å². The van der Waals surface area contributed by atoms with Gasteiger partial charge in [0.05, 0.1) is 6.42 Å². The summed E-state index contributed by atoms with van der Waals surface area (Å²) in [5.41, 5.74) is 1.25. The van der Waals surface area contributed by atoms with Gasteiger partial charge in [0.25, 0.3) is 0 Å². The lowest BCUT2D eigenvalue weighted by Gasteiger charge is -2.36. The molecule has 1 atom stereocenters. The van der Waals surface area contributed by atoms with Gasteiger partial charge in [-0.1, -0.05) is 30.3 Å². The molecule has 4 nitrogen and oxygen atoms in total. The highest BCUT2D eigenvalue weighted by Gasteiger charge is 2.23. The van der Waals surface area contributed by atoms with E-state index < -0.39 is 5.97 Å². The molecule has 17 heavy (non-hydrogen) atoms. The first-order chi connectivity index (χ1) is 8.27. The van der Waals surface area contributed by atoms with Crippen LogP contribution < -0.4 is 5.32 Å². The van der Waals surface area contributed by atoms with Crippen molar-refractivity contribution in [2.45, 2.75) is 12.5 Å². The van der Waals surface area contributed by atoms with Crippen molar-refractivity contribution in [3.8, 4) is 0 Å². The molecule has 1 heterocycles. The first-order valence-electron chi connectivity index (χ1n) is 5.99. The highest BCUT2D eigenvalue weighted by atomic mass is 16.4. The second kappa shape index (κ2) is 5.80. The minimum atomic E-state index is -0.727. The summed E-state index contributed by atoms with van der Waals surface area (Å²) in [7, 11) is 0. The van der Waals surface area contributed by atoms with Gasteiger partial charge in [-0.3, -0.25) is 9.69 Å². The lowest BCUT2D eigenvalue weighted by Crippen LogP contribution is -2.46. The molecule has 0 radical (unpaired) electrons. The maximum atomic E-state index is 10.6. The van der Waals surface area contributed by atoms with E-state index in [1.807, 2.05) is 18.2 Å². The van der Waals surface area contributed by atoms with Crippen LogP contribution in [0.3, 0.4) is 0 Å². The predicted octanol–water partition coefficient (Wildman–Crippen LogP) is 1.11. The molecule has 1 aliphatic rings. The van der Waals surface area contributed by atoms with E-state index in [2.05, 4.69) is 22.3 Å². The summed E-state index contributed by atoms with van der Waals surface area (Å²) in [5, 5.41) is 12.1. The van der Waals surface area contributed by atoms with Crippen molar-refractivity contribution in [3.05, 3.63) is 35.9 Å². The number of benzene rings is 1. The molecule has 1 aromatic rings. The summed E-state index contributed by atoms with van der Waals surface area (Å²) in [6.45, 7) is 3.36. The molecular formula is C13H18N2O2. The van der Waals surface area contributed by atoms with Gasteiger partial charge in [0.15, 0.2) is 0 Å². The molecule has 2 N–H and O–H groups in total. The third-order valence-corrected chi connectivity index (χ3v) is 3.15. The average molecular weight is 234 g/mol. The Morgan fingerprint density at radius 2 is 2.18 bits per heavy atom. The smallest absolute Gasteiger partial charge is 0.304 e. The number of piperazine rings is 1. The van der Waals surface area contributed by atoms with E-state index in [1.165, 1.54) is 5.56 Å². The van der Waals surface area contributed by atoms with E-state index in [0.29, 0.717) is 12.6 Å². The van der Waals surface area contributed by atoms with Crippen LogP contribution in [0.2, 0.25) is 0 Å². The third kappa shape index (κ3) is 3.28. The Morgan fingerprint density at radius 1 is 1.41 bits per heavy atom. The fourth-order valence-corrected chi connectivity index (χ4v) is 2.26. The highest BCUT2D eigenvalue weighted by molar-refractivity contribution is 5.66. The average Bonchev–Trinajstić information content (AvgIpc) is 2.38. The first kappa shape index (κ1) is 12.1. The predicted molar refractivity (Wildman–Crippen MR) is 65.9 cm³/mol. The summed E-state index contributed by atoms with van der Waals surface area (Å²) < 4.78 is 0. The number of hydrogen-bond acceptors (Lipinski definition) is 3. The monoisotopic (exact) mass is 234 g/mol. The minimum Gasteiger partial charge on any atom is -0.481 e. The molecule has 1 aliphatic heterocycles. The number of aliphatic carboxylic acids is 1. The van der Waals surface area contributed by atoms with Gasteiger partial charge in [-0.05, 0) is 5.56 Å². The fourth-order valence-electron chi connectivity index (χ4n) is 2.26. The molecule has 1 aromatic carbocycles. The Labute approximate surface area is 101 Å². The van der Waals surface area contributed by atoms with E-state index >= 15 is 0 Å². The Kier molecular flexibility index (Phi) is 4.12. The lowest BCUT2D eigenvalue weighted by molar-refractivity contribution is -0.137. The van der Waals surface area contributed by atoms with E-state index in [4.69, 9.17) is 5.11 Å². The molecule has 2 rings (SSSR count). The SMILES string of the molecule is O=C(O)CCN1CCNC[C@@H]1c1ccccc1. The molecular weight excluding hydrogens is 216 g/mol. The molecule has 0 aromatic heterocycles. The van der Waals surface area contributed by atoms with Crippen LogP contribution in [0, 0.1) is 0 Å². The van der Waals surface area contributed by atoms with Gasteiger partial charge in [-0.2, -0.15) is 0 Å². The minimum absolute atomic E-state index is 0.212. The van der Waals surface area contributed by atoms with E-state index in [0.717, 1.165) is 19.6 Å². The van der Waals surface area contributed by atoms with Gasteiger partial charge in [-0.25, -0.2) is 0 Å². The molecule has 0 spiro atoms. The van der Waals surface area contributed by atoms with Crippen molar-refractivity contribution in [2.24, 2.45) is 0 Å². The zero-order valence-corrected chi connectivity index (χ0v) is 9.80. The van der Waals surface area contributed by atoms with Crippen LogP contribution in [0.4, 0.5) is 0 Å². The summed E-state index contributed by atoms with van der Waals surface area (Å²) >= 11 is 0. The molecule has 0 bridgehead atoms.